The Balaban J connectivity index is 4.79. The van der Waals surface area contributed by atoms with Crippen molar-refractivity contribution in [2.45, 2.75) is 50.6 Å². The highest BCUT2D eigenvalue weighted by molar-refractivity contribution is 5.90. The molecular formula is C10H11F7O3. The predicted octanol–water partition coefficient (Wildman–Crippen LogP) is 3.47. The van der Waals surface area contributed by atoms with Crippen molar-refractivity contribution < 1.29 is 45.1 Å². The van der Waals surface area contributed by atoms with Crippen molar-refractivity contribution in [2.24, 2.45) is 0 Å². The first-order chi connectivity index (χ1) is 8.88. The zero-order chi connectivity index (χ0) is 16.2. The molecule has 0 N–H and O–H groups in total. The maximum absolute atomic E-state index is 12.7. The molecule has 0 bridgehead atoms. The fourth-order valence-electron chi connectivity index (χ4n) is 1.04. The number of halogens is 7. The Morgan fingerprint density at radius 2 is 1.45 bits per heavy atom. The summed E-state index contributed by atoms with van der Waals surface area (Å²) in [5, 5.41) is 0. The highest BCUT2D eigenvalue weighted by Crippen LogP contribution is 2.46. The maximum Gasteiger partial charge on any atom is 0.460 e. The quantitative estimate of drug-likeness (QED) is 0.326. The maximum atomic E-state index is 12.7. The van der Waals surface area contributed by atoms with E-state index in [-0.39, 0.29) is 6.42 Å². The van der Waals surface area contributed by atoms with Gasteiger partial charge in [-0.2, -0.15) is 30.7 Å². The molecule has 0 aromatic heterocycles. The van der Waals surface area contributed by atoms with Gasteiger partial charge in [-0.05, 0) is 6.42 Å². The minimum Gasteiger partial charge on any atom is -0.388 e. The molecule has 0 heterocycles. The van der Waals surface area contributed by atoms with Crippen molar-refractivity contribution >= 4 is 11.9 Å². The van der Waals surface area contributed by atoms with Crippen LogP contribution < -0.4 is 0 Å². The van der Waals surface area contributed by atoms with E-state index in [0.717, 1.165) is 0 Å². The van der Waals surface area contributed by atoms with Gasteiger partial charge >= 0.3 is 30.0 Å². The first-order valence-corrected chi connectivity index (χ1v) is 5.45. The highest BCUT2D eigenvalue weighted by atomic mass is 19.4. The third-order valence-corrected chi connectivity index (χ3v) is 2.20. The summed E-state index contributed by atoms with van der Waals surface area (Å²) in [5.74, 6) is -17.6. The summed E-state index contributed by atoms with van der Waals surface area (Å²) in [6.07, 6.45) is -5.96. The first kappa shape index (κ1) is 18.7. The van der Waals surface area contributed by atoms with Gasteiger partial charge in [0.1, 0.15) is 0 Å². The van der Waals surface area contributed by atoms with Gasteiger partial charge in [-0.25, -0.2) is 4.79 Å². The second-order valence-corrected chi connectivity index (χ2v) is 3.87. The van der Waals surface area contributed by atoms with Gasteiger partial charge in [0.15, 0.2) is 0 Å². The van der Waals surface area contributed by atoms with Crippen molar-refractivity contribution in [3.63, 3.8) is 0 Å². The minimum atomic E-state index is -6.65. The Kier molecular flexibility index (Phi) is 5.97. The van der Waals surface area contributed by atoms with Gasteiger partial charge in [-0.15, -0.1) is 0 Å². The van der Waals surface area contributed by atoms with Crippen LogP contribution in [0.15, 0.2) is 0 Å². The van der Waals surface area contributed by atoms with Gasteiger partial charge in [0.05, 0.1) is 0 Å². The minimum absolute atomic E-state index is 0.129. The van der Waals surface area contributed by atoms with Crippen LogP contribution in [-0.2, 0) is 14.3 Å². The van der Waals surface area contributed by atoms with Gasteiger partial charge in [0.2, 0.25) is 0 Å². The van der Waals surface area contributed by atoms with E-state index >= 15 is 0 Å². The molecule has 20 heavy (non-hydrogen) atoms. The number of ether oxygens (including phenoxy) is 1. The lowest BCUT2D eigenvalue weighted by atomic mass is 10.1. The third kappa shape index (κ3) is 4.07. The topological polar surface area (TPSA) is 43.4 Å². The molecule has 0 fully saturated rings. The molecule has 0 saturated carbocycles. The van der Waals surface area contributed by atoms with Gasteiger partial charge in [-0.3, -0.25) is 4.79 Å². The van der Waals surface area contributed by atoms with Crippen LogP contribution in [-0.4, -0.2) is 30.0 Å². The molecule has 0 radical (unpaired) electrons. The average molecular weight is 312 g/mol. The molecule has 0 atom stereocenters. The lowest BCUT2D eigenvalue weighted by Gasteiger charge is -2.25. The van der Waals surface area contributed by atoms with Crippen LogP contribution in [0.25, 0.3) is 0 Å². The van der Waals surface area contributed by atoms with Crippen molar-refractivity contribution in [1.82, 2.24) is 0 Å². The smallest absolute Gasteiger partial charge is 0.388 e. The summed E-state index contributed by atoms with van der Waals surface area (Å²) >= 11 is 0. The van der Waals surface area contributed by atoms with Crippen LogP contribution in [0.2, 0.25) is 0 Å². The Hall–Kier alpha value is -1.35. The molecule has 0 saturated heterocycles. The van der Waals surface area contributed by atoms with E-state index in [4.69, 9.17) is 0 Å². The van der Waals surface area contributed by atoms with Crippen molar-refractivity contribution in [3.8, 4) is 0 Å². The van der Waals surface area contributed by atoms with Gasteiger partial charge in [0.25, 0.3) is 0 Å². The van der Waals surface area contributed by atoms with Crippen molar-refractivity contribution in [2.75, 3.05) is 0 Å². The largest absolute Gasteiger partial charge is 0.460 e. The summed E-state index contributed by atoms with van der Waals surface area (Å²) in [7, 11) is 0. The van der Waals surface area contributed by atoms with Crippen LogP contribution >= 0.6 is 0 Å². The summed E-state index contributed by atoms with van der Waals surface area (Å²) in [4.78, 5) is 21.5. The van der Waals surface area contributed by atoms with E-state index in [9.17, 15) is 40.3 Å². The van der Waals surface area contributed by atoms with Gasteiger partial charge < -0.3 is 4.74 Å². The van der Waals surface area contributed by atoms with E-state index in [1.54, 1.807) is 6.92 Å². The summed E-state index contributed by atoms with van der Waals surface area (Å²) < 4.78 is 88.9. The van der Waals surface area contributed by atoms with Crippen molar-refractivity contribution in [1.29, 1.82) is 0 Å². The Morgan fingerprint density at radius 3 is 1.85 bits per heavy atom. The fourth-order valence-corrected chi connectivity index (χ4v) is 1.04. The zero-order valence-corrected chi connectivity index (χ0v) is 10.2. The molecule has 0 aliphatic rings. The molecular weight excluding hydrogens is 301 g/mol. The number of carbonyl (C=O) groups is 2. The number of hydrogen-bond acceptors (Lipinski definition) is 3. The first-order valence-electron chi connectivity index (χ1n) is 5.45. The number of hydrogen-bond donors (Lipinski definition) is 0. The summed E-state index contributed by atoms with van der Waals surface area (Å²) in [6, 6.07) is 0. The molecule has 10 heteroatoms. The molecule has 0 aliphatic carbocycles. The van der Waals surface area contributed by atoms with E-state index in [1.807, 2.05) is 0 Å². The molecule has 0 rings (SSSR count). The predicted molar refractivity (Wildman–Crippen MR) is 51.2 cm³/mol. The average Bonchev–Trinajstić information content (AvgIpc) is 2.27. The number of unbranched alkanes of at least 4 members (excludes halogenated alkanes) is 2. The number of rotatable bonds is 6. The Morgan fingerprint density at radius 1 is 0.950 bits per heavy atom. The zero-order valence-electron chi connectivity index (χ0n) is 10.2. The number of esters is 2. The van der Waals surface area contributed by atoms with Gasteiger partial charge in [-0.1, -0.05) is 19.8 Å². The molecule has 0 aromatic carbocycles. The van der Waals surface area contributed by atoms with Crippen LogP contribution in [0, 0.1) is 0 Å². The summed E-state index contributed by atoms with van der Waals surface area (Å²) in [5.41, 5.74) is 0. The molecule has 0 aliphatic heterocycles. The normalized spacial score (nSPS) is 13.2. The Labute approximate surface area is 109 Å². The van der Waals surface area contributed by atoms with Crippen LogP contribution in [0.3, 0.4) is 0 Å². The van der Waals surface area contributed by atoms with Gasteiger partial charge in [0, 0.05) is 6.42 Å². The van der Waals surface area contributed by atoms with Crippen LogP contribution in [0.5, 0.6) is 0 Å². The summed E-state index contributed by atoms with van der Waals surface area (Å²) in [6.45, 7) is 1.73. The standard InChI is InChI=1S/C10H11F7O3/c1-2-3-4-5-6(18)20-7(19)8(11,12)9(13,14)10(15,16)17/h2-5H2,1H3. The van der Waals surface area contributed by atoms with E-state index in [0.29, 0.717) is 12.8 Å². The second-order valence-electron chi connectivity index (χ2n) is 3.87. The highest BCUT2D eigenvalue weighted by Gasteiger charge is 2.77. The van der Waals surface area contributed by atoms with E-state index < -0.39 is 36.4 Å². The lowest BCUT2D eigenvalue weighted by molar-refractivity contribution is -0.347. The van der Waals surface area contributed by atoms with Crippen LogP contribution in [0.1, 0.15) is 32.6 Å². The van der Waals surface area contributed by atoms with E-state index in [1.165, 1.54) is 0 Å². The molecule has 0 spiro atoms. The SMILES string of the molecule is CCCCCC(=O)OC(=O)C(F)(F)C(F)(F)C(F)(F)F. The Bertz CT molecular complexity index is 362. The number of alkyl halides is 7. The molecule has 3 nitrogen and oxygen atoms in total. The molecule has 118 valence electrons. The number of carbonyl (C=O) groups excluding carboxylic acids is 2. The monoisotopic (exact) mass is 312 g/mol. The molecule has 0 amide bonds. The third-order valence-electron chi connectivity index (χ3n) is 2.20. The fraction of sp³-hybridized carbons (Fsp3) is 0.800. The molecule has 0 aromatic rings. The second kappa shape index (κ2) is 6.40. The van der Waals surface area contributed by atoms with Crippen LogP contribution in [0.4, 0.5) is 30.7 Å². The van der Waals surface area contributed by atoms with Crippen molar-refractivity contribution in [3.05, 3.63) is 0 Å². The molecule has 0 unspecified atom stereocenters. The van der Waals surface area contributed by atoms with E-state index in [2.05, 4.69) is 4.74 Å². The lowest BCUT2D eigenvalue weighted by Crippen LogP contribution is -2.57.